The lowest BCUT2D eigenvalue weighted by atomic mass is 9.83. The maximum atomic E-state index is 11.0. The molecule has 1 fully saturated rings. The van der Waals surface area contributed by atoms with Gasteiger partial charge in [-0.3, -0.25) is 0 Å². The minimum atomic E-state index is -2.81. The van der Waals surface area contributed by atoms with E-state index in [1.54, 1.807) is 0 Å². The van der Waals surface area contributed by atoms with Gasteiger partial charge < -0.3 is 10.0 Å². The Morgan fingerprint density at radius 3 is 2.65 bits per heavy atom. The van der Waals surface area contributed by atoms with Crippen LogP contribution in [-0.2, 0) is 9.84 Å². The highest BCUT2D eigenvalue weighted by atomic mass is 32.2. The maximum Gasteiger partial charge on any atom is 0.147 e. The van der Waals surface area contributed by atoms with Crippen LogP contribution in [0.3, 0.4) is 0 Å². The molecule has 1 atom stereocenters. The first-order valence-electron chi connectivity index (χ1n) is 6.36. The number of unbranched alkanes of at least 4 members (excludes halogenated alkanes) is 1. The molecule has 0 saturated carbocycles. The van der Waals surface area contributed by atoms with Crippen LogP contribution in [0.4, 0.5) is 0 Å². The molecule has 0 radical (unpaired) electrons. The van der Waals surface area contributed by atoms with Crippen molar-refractivity contribution in [3.8, 4) is 0 Å². The fourth-order valence-corrected chi connectivity index (χ4v) is 3.18. The van der Waals surface area contributed by atoms with Gasteiger partial charge in [-0.25, -0.2) is 8.42 Å². The third-order valence-electron chi connectivity index (χ3n) is 3.48. The Balaban J connectivity index is 2.24. The Labute approximate surface area is 105 Å². The highest BCUT2D eigenvalue weighted by molar-refractivity contribution is 7.90. The molecule has 0 amide bonds. The number of likely N-dealkylation sites (tertiary alicyclic amines) is 1. The summed E-state index contributed by atoms with van der Waals surface area (Å²) in [6, 6.07) is 0. The van der Waals surface area contributed by atoms with Crippen LogP contribution in [0, 0.1) is 5.41 Å². The van der Waals surface area contributed by atoms with E-state index in [4.69, 9.17) is 0 Å². The zero-order valence-corrected chi connectivity index (χ0v) is 11.8. The van der Waals surface area contributed by atoms with Gasteiger partial charge in [0.1, 0.15) is 9.84 Å². The molecule has 0 bridgehead atoms. The lowest BCUT2D eigenvalue weighted by molar-refractivity contribution is 0.0461. The molecule has 1 heterocycles. The lowest BCUT2D eigenvalue weighted by Gasteiger charge is -2.39. The van der Waals surface area contributed by atoms with Crippen LogP contribution in [0.15, 0.2) is 0 Å². The van der Waals surface area contributed by atoms with Crippen molar-refractivity contribution in [2.45, 2.75) is 32.6 Å². The molecule has 0 aromatic carbocycles. The molecule has 5 heteroatoms. The molecule has 1 saturated heterocycles. The topological polar surface area (TPSA) is 57.6 Å². The van der Waals surface area contributed by atoms with Crippen molar-refractivity contribution < 1.29 is 13.5 Å². The van der Waals surface area contributed by atoms with Gasteiger partial charge in [-0.1, -0.05) is 6.92 Å². The number of hydrogen-bond acceptors (Lipinski definition) is 4. The van der Waals surface area contributed by atoms with Gasteiger partial charge in [-0.15, -0.1) is 0 Å². The van der Waals surface area contributed by atoms with Gasteiger partial charge in [0.05, 0.1) is 0 Å². The summed E-state index contributed by atoms with van der Waals surface area (Å²) in [5.41, 5.74) is 0.0368. The maximum absolute atomic E-state index is 11.0. The normalized spacial score (nSPS) is 27.2. The first-order valence-corrected chi connectivity index (χ1v) is 8.42. The van der Waals surface area contributed by atoms with Crippen LogP contribution >= 0.6 is 0 Å². The Bertz CT molecular complexity index is 329. The number of piperidine rings is 1. The lowest BCUT2D eigenvalue weighted by Crippen LogP contribution is -2.43. The number of rotatable bonds is 6. The van der Waals surface area contributed by atoms with Gasteiger partial charge in [0.2, 0.25) is 0 Å². The van der Waals surface area contributed by atoms with Crippen LogP contribution in [-0.4, -0.2) is 56.7 Å². The highest BCUT2D eigenvalue weighted by Crippen LogP contribution is 2.28. The number of aliphatic hydroxyl groups excluding tert-OH is 1. The highest BCUT2D eigenvalue weighted by Gasteiger charge is 2.29. The van der Waals surface area contributed by atoms with E-state index in [0.29, 0.717) is 0 Å². The molecule has 1 rings (SSSR count). The summed E-state index contributed by atoms with van der Waals surface area (Å²) < 4.78 is 22.0. The summed E-state index contributed by atoms with van der Waals surface area (Å²) in [7, 11) is -2.81. The van der Waals surface area contributed by atoms with Crippen LogP contribution in [0.1, 0.15) is 32.6 Å². The van der Waals surface area contributed by atoms with E-state index >= 15 is 0 Å². The SMILES string of the molecule is CC1(CO)CCCN(CCCCS(C)(=O)=O)C1. The van der Waals surface area contributed by atoms with Gasteiger partial charge in [0, 0.05) is 30.6 Å². The molecule has 0 aliphatic carbocycles. The summed E-state index contributed by atoms with van der Waals surface area (Å²) in [5, 5.41) is 9.34. The van der Waals surface area contributed by atoms with Crippen molar-refractivity contribution >= 4 is 9.84 Å². The quantitative estimate of drug-likeness (QED) is 0.724. The van der Waals surface area contributed by atoms with Gasteiger partial charge in [-0.2, -0.15) is 0 Å². The van der Waals surface area contributed by atoms with Crippen LogP contribution in [0.2, 0.25) is 0 Å². The van der Waals surface area contributed by atoms with Crippen molar-refractivity contribution in [2.75, 3.05) is 38.2 Å². The molecular weight excluding hydrogens is 238 g/mol. The minimum absolute atomic E-state index is 0.0368. The average Bonchev–Trinajstić information content (AvgIpc) is 2.24. The van der Waals surface area contributed by atoms with E-state index in [-0.39, 0.29) is 17.8 Å². The van der Waals surface area contributed by atoms with E-state index < -0.39 is 9.84 Å². The molecule has 0 aromatic heterocycles. The van der Waals surface area contributed by atoms with Crippen LogP contribution in [0.5, 0.6) is 0 Å². The summed E-state index contributed by atoms with van der Waals surface area (Å²) >= 11 is 0. The van der Waals surface area contributed by atoms with Crippen molar-refractivity contribution in [1.29, 1.82) is 0 Å². The van der Waals surface area contributed by atoms with Crippen molar-refractivity contribution in [2.24, 2.45) is 5.41 Å². The Morgan fingerprint density at radius 2 is 2.06 bits per heavy atom. The average molecular weight is 263 g/mol. The van der Waals surface area contributed by atoms with Crippen molar-refractivity contribution in [3.63, 3.8) is 0 Å². The summed E-state index contributed by atoms with van der Waals surface area (Å²) in [5.74, 6) is 0.290. The smallest absolute Gasteiger partial charge is 0.147 e. The number of nitrogens with zero attached hydrogens (tertiary/aromatic N) is 1. The molecule has 1 aliphatic heterocycles. The van der Waals surface area contributed by atoms with Crippen molar-refractivity contribution in [3.05, 3.63) is 0 Å². The van der Waals surface area contributed by atoms with Gasteiger partial charge in [0.25, 0.3) is 0 Å². The van der Waals surface area contributed by atoms with Crippen LogP contribution < -0.4 is 0 Å². The largest absolute Gasteiger partial charge is 0.396 e. The minimum Gasteiger partial charge on any atom is -0.396 e. The molecule has 1 N–H and O–H groups in total. The van der Waals surface area contributed by atoms with Crippen molar-refractivity contribution in [1.82, 2.24) is 4.90 Å². The molecule has 1 aliphatic rings. The second-order valence-electron chi connectivity index (χ2n) is 5.69. The second-order valence-corrected chi connectivity index (χ2v) is 7.95. The molecule has 0 spiro atoms. The molecule has 0 aromatic rings. The zero-order chi connectivity index (χ0) is 12.9. The summed E-state index contributed by atoms with van der Waals surface area (Å²) in [4.78, 5) is 2.35. The predicted octanol–water partition coefficient (Wildman–Crippen LogP) is 0.906. The van der Waals surface area contributed by atoms with E-state index in [0.717, 1.165) is 45.3 Å². The Morgan fingerprint density at radius 1 is 1.35 bits per heavy atom. The van der Waals surface area contributed by atoms with Gasteiger partial charge >= 0.3 is 0 Å². The number of aliphatic hydroxyl groups is 1. The van der Waals surface area contributed by atoms with Gasteiger partial charge in [-0.05, 0) is 38.8 Å². The predicted molar refractivity (Wildman–Crippen MR) is 69.8 cm³/mol. The van der Waals surface area contributed by atoms with Crippen LogP contribution in [0.25, 0.3) is 0 Å². The second kappa shape index (κ2) is 6.16. The molecular formula is C12H25NO3S. The van der Waals surface area contributed by atoms with E-state index in [9.17, 15) is 13.5 Å². The standard InChI is InChI=1S/C12H25NO3S/c1-12(11-14)6-5-8-13(10-12)7-3-4-9-17(2,15)16/h14H,3-11H2,1-2H3. The number of sulfone groups is 1. The van der Waals surface area contributed by atoms with Gasteiger partial charge in [0.15, 0.2) is 0 Å². The number of hydrogen-bond donors (Lipinski definition) is 1. The fraction of sp³-hybridized carbons (Fsp3) is 1.00. The summed E-state index contributed by atoms with van der Waals surface area (Å²) in [6.45, 7) is 5.32. The first kappa shape index (κ1) is 14.9. The monoisotopic (exact) mass is 263 g/mol. The third-order valence-corrected chi connectivity index (χ3v) is 4.51. The molecule has 1 unspecified atom stereocenters. The zero-order valence-electron chi connectivity index (χ0n) is 11.0. The molecule has 17 heavy (non-hydrogen) atoms. The Kier molecular flexibility index (Phi) is 5.41. The van der Waals surface area contributed by atoms with E-state index in [1.807, 2.05) is 0 Å². The van der Waals surface area contributed by atoms with E-state index in [1.165, 1.54) is 6.26 Å². The summed E-state index contributed by atoms with van der Waals surface area (Å²) in [6.07, 6.45) is 5.17. The fourth-order valence-electron chi connectivity index (χ4n) is 2.45. The Hall–Kier alpha value is -0.130. The molecule has 4 nitrogen and oxygen atoms in total. The molecule has 102 valence electrons. The van der Waals surface area contributed by atoms with E-state index in [2.05, 4.69) is 11.8 Å². The first-order chi connectivity index (χ1) is 7.85. The third kappa shape index (κ3) is 5.84.